The molecule has 6 heteroatoms. The molecule has 2 aromatic rings. The Morgan fingerprint density at radius 2 is 1.64 bits per heavy atom. The Hall–Kier alpha value is -2.86. The summed E-state index contributed by atoms with van der Waals surface area (Å²) in [5.74, 6) is -0.641. The van der Waals surface area contributed by atoms with Crippen molar-refractivity contribution < 1.29 is 23.9 Å². The van der Waals surface area contributed by atoms with Crippen molar-refractivity contribution in [2.24, 2.45) is 0 Å². The van der Waals surface area contributed by atoms with Crippen molar-refractivity contribution in [1.29, 1.82) is 0 Å². The van der Waals surface area contributed by atoms with E-state index in [2.05, 4.69) is 0 Å². The van der Waals surface area contributed by atoms with Crippen molar-refractivity contribution >= 4 is 17.6 Å². The average Bonchev–Trinajstić information content (AvgIpc) is 2.66. The molecular weight excluding hydrogens is 356 g/mol. The first-order chi connectivity index (χ1) is 13.2. The van der Waals surface area contributed by atoms with Gasteiger partial charge in [0.15, 0.2) is 0 Å². The van der Waals surface area contributed by atoms with Gasteiger partial charge in [0.25, 0.3) is 5.91 Å². The molecule has 28 heavy (non-hydrogen) atoms. The van der Waals surface area contributed by atoms with Crippen LogP contribution in [0.4, 0.5) is 5.69 Å². The zero-order valence-electron chi connectivity index (χ0n) is 17.0. The van der Waals surface area contributed by atoms with Crippen molar-refractivity contribution in [1.82, 2.24) is 0 Å². The third kappa shape index (κ3) is 5.82. The largest absolute Gasteiger partial charge is 0.495 e. The van der Waals surface area contributed by atoms with Crippen molar-refractivity contribution in [2.75, 3.05) is 39.7 Å². The van der Waals surface area contributed by atoms with Crippen LogP contribution in [0.2, 0.25) is 0 Å². The molecule has 2 aromatic carbocycles. The quantitative estimate of drug-likeness (QED) is 0.673. The minimum atomic E-state index is -0.938. The maximum absolute atomic E-state index is 13.4. The van der Waals surface area contributed by atoms with Gasteiger partial charge in [0.05, 0.1) is 52.9 Å². The molecule has 0 aliphatic heterocycles. The summed E-state index contributed by atoms with van der Waals surface area (Å²) in [6, 6.07) is 15.6. The van der Waals surface area contributed by atoms with E-state index in [1.807, 2.05) is 39.3 Å². The second-order valence-corrected chi connectivity index (χ2v) is 7.77. The molecule has 0 saturated carbocycles. The maximum Gasteiger partial charge on any atom is 0.305 e. The molecule has 6 nitrogen and oxygen atoms in total. The van der Waals surface area contributed by atoms with Crippen LogP contribution in [0, 0.1) is 0 Å². The minimum Gasteiger partial charge on any atom is -0.495 e. The molecule has 0 heterocycles. The topological polar surface area (TPSA) is 66.8 Å². The number of nitrogens with zero attached hydrogens (tertiary/aromatic N) is 2. The Labute approximate surface area is 166 Å². The van der Waals surface area contributed by atoms with Crippen LogP contribution in [0.15, 0.2) is 54.6 Å². The second-order valence-electron chi connectivity index (χ2n) is 7.77. The number of hydrogen-bond donors (Lipinski definition) is 1. The lowest BCUT2D eigenvalue weighted by molar-refractivity contribution is -0.870. The summed E-state index contributed by atoms with van der Waals surface area (Å²) in [7, 11) is 7.68. The number of carbonyl (C=O) groups is 2. The zero-order chi connectivity index (χ0) is 20.7. The summed E-state index contributed by atoms with van der Waals surface area (Å²) in [5.41, 5.74) is 1.08. The summed E-state index contributed by atoms with van der Waals surface area (Å²) in [4.78, 5) is 26.6. The lowest BCUT2D eigenvalue weighted by Crippen LogP contribution is -2.46. The fourth-order valence-corrected chi connectivity index (χ4v) is 3.08. The smallest absolute Gasteiger partial charge is 0.305 e. The summed E-state index contributed by atoms with van der Waals surface area (Å²) in [6.07, 6.45) is 0.406. The molecule has 0 saturated heterocycles. The number of anilines is 1. The Morgan fingerprint density at radius 1 is 1.04 bits per heavy atom. The van der Waals surface area contributed by atoms with E-state index >= 15 is 0 Å². The van der Waals surface area contributed by atoms with E-state index in [9.17, 15) is 14.7 Å². The van der Waals surface area contributed by atoms with Crippen molar-refractivity contribution in [2.45, 2.75) is 18.9 Å². The number of ether oxygens (including phenoxy) is 1. The molecule has 0 aliphatic rings. The fraction of sp³-hybridized carbons (Fsp3) is 0.364. The number of carbonyl (C=O) groups excluding carboxylic acids is 1. The van der Waals surface area contributed by atoms with Crippen LogP contribution in [0.1, 0.15) is 23.2 Å². The Balaban J connectivity index is 2.53. The Kier molecular flexibility index (Phi) is 7.18. The third-order valence-electron chi connectivity index (χ3n) is 4.49. The van der Waals surface area contributed by atoms with Gasteiger partial charge in [-0.25, -0.2) is 0 Å². The van der Waals surface area contributed by atoms with Crippen molar-refractivity contribution in [3.05, 3.63) is 60.2 Å². The first-order valence-electron chi connectivity index (χ1n) is 9.27. The predicted molar refractivity (Wildman–Crippen MR) is 110 cm³/mol. The molecule has 0 unspecified atom stereocenters. The highest BCUT2D eigenvalue weighted by molar-refractivity contribution is 6.07. The molecule has 2 rings (SSSR count). The van der Waals surface area contributed by atoms with Gasteiger partial charge in [0, 0.05) is 12.0 Å². The lowest BCUT2D eigenvalue weighted by atomic mass is 10.0. The van der Waals surface area contributed by atoms with E-state index in [0.717, 1.165) is 6.54 Å². The van der Waals surface area contributed by atoms with E-state index in [4.69, 9.17) is 4.74 Å². The number of amides is 1. The van der Waals surface area contributed by atoms with Crippen LogP contribution in [0.5, 0.6) is 5.75 Å². The summed E-state index contributed by atoms with van der Waals surface area (Å²) >= 11 is 0. The van der Waals surface area contributed by atoms with Gasteiger partial charge in [-0.05, 0) is 24.3 Å². The number of carboxylic acid groups (broad SMARTS) is 1. The van der Waals surface area contributed by atoms with Gasteiger partial charge in [-0.3, -0.25) is 9.59 Å². The average molecular weight is 385 g/mol. The van der Waals surface area contributed by atoms with Crippen LogP contribution < -0.4 is 9.64 Å². The SMILES string of the molecule is COc1ccccc1N(C(=O)c1ccccc1)[C@H](CC[N+](C)(C)C)CC(=O)O. The number of benzene rings is 2. The van der Waals surface area contributed by atoms with Crippen LogP contribution in [-0.2, 0) is 4.79 Å². The highest BCUT2D eigenvalue weighted by atomic mass is 16.5. The first-order valence-corrected chi connectivity index (χ1v) is 9.27. The highest BCUT2D eigenvalue weighted by Crippen LogP contribution is 2.32. The molecule has 0 fully saturated rings. The van der Waals surface area contributed by atoms with Crippen LogP contribution in [-0.4, -0.2) is 62.3 Å². The van der Waals surface area contributed by atoms with Gasteiger partial charge in [0.1, 0.15) is 5.75 Å². The number of para-hydroxylation sites is 2. The summed E-state index contributed by atoms with van der Waals surface area (Å²) < 4.78 is 6.14. The minimum absolute atomic E-state index is 0.142. The number of hydrogen-bond acceptors (Lipinski definition) is 3. The number of methoxy groups -OCH3 is 1. The van der Waals surface area contributed by atoms with E-state index in [1.165, 1.54) is 0 Å². The molecule has 0 aromatic heterocycles. The second kappa shape index (κ2) is 9.37. The summed E-state index contributed by atoms with van der Waals surface area (Å²) in [5, 5.41) is 9.51. The van der Waals surface area contributed by atoms with E-state index < -0.39 is 12.0 Å². The monoisotopic (exact) mass is 385 g/mol. The number of carboxylic acids is 1. The number of aliphatic carboxylic acids is 1. The molecule has 0 aliphatic carbocycles. The van der Waals surface area contributed by atoms with E-state index in [0.29, 0.717) is 27.9 Å². The van der Waals surface area contributed by atoms with Crippen LogP contribution >= 0.6 is 0 Å². The van der Waals surface area contributed by atoms with Gasteiger partial charge in [-0.1, -0.05) is 30.3 Å². The van der Waals surface area contributed by atoms with E-state index in [-0.39, 0.29) is 12.3 Å². The van der Waals surface area contributed by atoms with Crippen LogP contribution in [0.3, 0.4) is 0 Å². The molecule has 0 bridgehead atoms. The normalized spacial score (nSPS) is 12.3. The highest BCUT2D eigenvalue weighted by Gasteiger charge is 2.31. The van der Waals surface area contributed by atoms with Crippen molar-refractivity contribution in [3.63, 3.8) is 0 Å². The first kappa shape index (κ1) is 21.4. The molecule has 1 amide bonds. The molecule has 150 valence electrons. The third-order valence-corrected chi connectivity index (χ3v) is 4.49. The van der Waals surface area contributed by atoms with Gasteiger partial charge < -0.3 is 19.2 Å². The lowest BCUT2D eigenvalue weighted by Gasteiger charge is -2.34. The predicted octanol–water partition coefficient (Wildman–Crippen LogP) is 3.28. The van der Waals surface area contributed by atoms with Crippen LogP contribution in [0.25, 0.3) is 0 Å². The van der Waals surface area contributed by atoms with Gasteiger partial charge >= 0.3 is 5.97 Å². The van der Waals surface area contributed by atoms with Crippen molar-refractivity contribution in [3.8, 4) is 5.75 Å². The summed E-state index contributed by atoms with van der Waals surface area (Å²) in [6.45, 7) is 0.728. The molecule has 0 spiro atoms. The Morgan fingerprint density at radius 3 is 2.21 bits per heavy atom. The molecule has 0 radical (unpaired) electrons. The molecule has 1 atom stereocenters. The standard InChI is InChI=1S/C22H28N2O4/c1-24(2,3)15-14-18(16-21(25)26)23(19-12-8-9-13-20(19)28-4)22(27)17-10-6-5-7-11-17/h5-13,18H,14-16H2,1-4H3/p+1/t18-/m1/s1. The van der Waals surface area contributed by atoms with Gasteiger partial charge in [0.2, 0.25) is 0 Å². The number of quaternary nitrogens is 1. The van der Waals surface area contributed by atoms with Gasteiger partial charge in [-0.2, -0.15) is 0 Å². The van der Waals surface area contributed by atoms with Gasteiger partial charge in [-0.15, -0.1) is 0 Å². The Bertz CT molecular complexity index is 800. The molecule has 1 N–H and O–H groups in total. The zero-order valence-corrected chi connectivity index (χ0v) is 17.0. The number of rotatable bonds is 9. The fourth-order valence-electron chi connectivity index (χ4n) is 3.08. The molecular formula is C22H29N2O4+. The van der Waals surface area contributed by atoms with E-state index in [1.54, 1.807) is 48.4 Å². The maximum atomic E-state index is 13.4.